The Labute approximate surface area is 134 Å². The van der Waals surface area contributed by atoms with Crippen molar-refractivity contribution in [3.05, 3.63) is 76.9 Å². The SMILES string of the molecule is CC(=O)C(=Cc1ccccc1C#N)C(=O)OCc1ccccc1. The molecule has 0 radical (unpaired) electrons. The number of nitrogens with zero attached hydrogens (tertiary/aromatic N) is 1. The van der Waals surface area contributed by atoms with Gasteiger partial charge in [0.25, 0.3) is 0 Å². The molecule has 2 rings (SSSR count). The predicted octanol–water partition coefficient (Wildman–Crippen LogP) is 3.27. The summed E-state index contributed by atoms with van der Waals surface area (Å²) in [6.45, 7) is 1.38. The standard InChI is InChI=1S/C19H15NO3/c1-14(21)18(11-16-9-5-6-10-17(16)12-20)19(22)23-13-15-7-3-2-4-8-15/h2-11H,13H2,1H3. The molecule has 4 nitrogen and oxygen atoms in total. The lowest BCUT2D eigenvalue weighted by atomic mass is 10.0. The number of hydrogen-bond donors (Lipinski definition) is 0. The van der Waals surface area contributed by atoms with Crippen molar-refractivity contribution in [2.24, 2.45) is 0 Å². The molecule has 0 saturated carbocycles. The monoisotopic (exact) mass is 305 g/mol. The average molecular weight is 305 g/mol. The van der Waals surface area contributed by atoms with E-state index in [0.29, 0.717) is 11.1 Å². The number of nitriles is 1. The van der Waals surface area contributed by atoms with E-state index in [0.717, 1.165) is 5.56 Å². The molecular weight excluding hydrogens is 290 g/mol. The normalized spacial score (nSPS) is 10.7. The molecule has 0 aliphatic heterocycles. The smallest absolute Gasteiger partial charge is 0.342 e. The molecular formula is C19H15NO3. The van der Waals surface area contributed by atoms with Crippen molar-refractivity contribution in [1.29, 1.82) is 5.26 Å². The number of benzene rings is 2. The summed E-state index contributed by atoms with van der Waals surface area (Å²) in [7, 11) is 0. The van der Waals surface area contributed by atoms with Gasteiger partial charge < -0.3 is 4.74 Å². The van der Waals surface area contributed by atoms with E-state index in [1.165, 1.54) is 13.0 Å². The molecule has 2 aromatic carbocycles. The zero-order valence-electron chi connectivity index (χ0n) is 12.7. The van der Waals surface area contributed by atoms with Crippen LogP contribution in [-0.4, -0.2) is 11.8 Å². The van der Waals surface area contributed by atoms with Crippen LogP contribution in [0.1, 0.15) is 23.6 Å². The Kier molecular flexibility index (Phi) is 5.43. The number of ketones is 1. The molecule has 0 aromatic heterocycles. The van der Waals surface area contributed by atoms with Crippen LogP contribution in [0.3, 0.4) is 0 Å². The Morgan fingerprint density at radius 1 is 1.09 bits per heavy atom. The summed E-state index contributed by atoms with van der Waals surface area (Å²) < 4.78 is 5.19. The average Bonchev–Trinajstić information content (AvgIpc) is 2.58. The van der Waals surface area contributed by atoms with Crippen LogP contribution < -0.4 is 0 Å². The van der Waals surface area contributed by atoms with Gasteiger partial charge in [0, 0.05) is 0 Å². The van der Waals surface area contributed by atoms with Crippen LogP contribution in [0.15, 0.2) is 60.2 Å². The topological polar surface area (TPSA) is 67.2 Å². The number of hydrogen-bond acceptors (Lipinski definition) is 4. The fourth-order valence-corrected chi connectivity index (χ4v) is 1.99. The molecule has 0 aliphatic carbocycles. The van der Waals surface area contributed by atoms with Gasteiger partial charge in [0.2, 0.25) is 0 Å². The number of ether oxygens (including phenoxy) is 1. The van der Waals surface area contributed by atoms with Crippen LogP contribution in [0.4, 0.5) is 0 Å². The number of esters is 1. The van der Waals surface area contributed by atoms with Crippen molar-refractivity contribution in [2.45, 2.75) is 13.5 Å². The van der Waals surface area contributed by atoms with Crippen molar-refractivity contribution in [3.63, 3.8) is 0 Å². The van der Waals surface area contributed by atoms with Gasteiger partial charge in [-0.1, -0.05) is 48.5 Å². The first kappa shape index (κ1) is 16.2. The summed E-state index contributed by atoms with van der Waals surface area (Å²) >= 11 is 0. The van der Waals surface area contributed by atoms with E-state index in [1.807, 2.05) is 36.4 Å². The lowest BCUT2D eigenvalue weighted by Gasteiger charge is -2.07. The first-order chi connectivity index (χ1) is 11.1. The van der Waals surface area contributed by atoms with Gasteiger partial charge in [-0.05, 0) is 30.2 Å². The van der Waals surface area contributed by atoms with Gasteiger partial charge in [-0.2, -0.15) is 5.26 Å². The first-order valence-corrected chi connectivity index (χ1v) is 7.04. The molecule has 23 heavy (non-hydrogen) atoms. The molecule has 0 saturated heterocycles. The molecule has 2 aromatic rings. The van der Waals surface area contributed by atoms with Gasteiger partial charge in [-0.3, -0.25) is 4.79 Å². The summed E-state index contributed by atoms with van der Waals surface area (Å²) in [5.74, 6) is -1.11. The highest BCUT2D eigenvalue weighted by molar-refractivity contribution is 6.19. The third-order valence-corrected chi connectivity index (χ3v) is 3.19. The maximum absolute atomic E-state index is 12.2. The third-order valence-electron chi connectivity index (χ3n) is 3.19. The zero-order valence-corrected chi connectivity index (χ0v) is 12.7. The lowest BCUT2D eigenvalue weighted by Crippen LogP contribution is -2.13. The summed E-state index contributed by atoms with van der Waals surface area (Å²) in [5.41, 5.74) is 1.66. The largest absolute Gasteiger partial charge is 0.457 e. The van der Waals surface area contributed by atoms with Crippen LogP contribution in [-0.2, 0) is 20.9 Å². The molecule has 0 bridgehead atoms. The summed E-state index contributed by atoms with van der Waals surface area (Å²) in [5, 5.41) is 9.08. The van der Waals surface area contributed by atoms with Gasteiger partial charge in [0.1, 0.15) is 12.2 Å². The summed E-state index contributed by atoms with van der Waals surface area (Å²) in [6, 6.07) is 18.0. The van der Waals surface area contributed by atoms with Crippen LogP contribution in [0.25, 0.3) is 6.08 Å². The molecule has 114 valence electrons. The van der Waals surface area contributed by atoms with Crippen LogP contribution in [0.5, 0.6) is 0 Å². The van der Waals surface area contributed by atoms with Crippen molar-refractivity contribution >= 4 is 17.8 Å². The number of carbonyl (C=O) groups is 2. The molecule has 0 aliphatic rings. The Bertz CT molecular complexity index is 786. The zero-order chi connectivity index (χ0) is 16.7. The molecule has 0 N–H and O–H groups in total. The minimum absolute atomic E-state index is 0.0800. The number of Topliss-reactive ketones (excluding diaryl/α,β-unsaturated/α-hetero) is 1. The van der Waals surface area contributed by atoms with Gasteiger partial charge in [0.15, 0.2) is 5.78 Å². The lowest BCUT2D eigenvalue weighted by molar-refractivity contribution is -0.141. The van der Waals surface area contributed by atoms with E-state index < -0.39 is 11.8 Å². The van der Waals surface area contributed by atoms with E-state index in [4.69, 9.17) is 10.00 Å². The molecule has 4 heteroatoms. The second-order valence-electron chi connectivity index (χ2n) is 4.87. The van der Waals surface area contributed by atoms with Crippen molar-refractivity contribution in [3.8, 4) is 6.07 Å². The van der Waals surface area contributed by atoms with Crippen molar-refractivity contribution in [2.75, 3.05) is 0 Å². The highest BCUT2D eigenvalue weighted by atomic mass is 16.5. The maximum atomic E-state index is 12.2. The Balaban J connectivity index is 2.21. The molecule has 0 atom stereocenters. The van der Waals surface area contributed by atoms with E-state index in [-0.39, 0.29) is 12.2 Å². The number of rotatable bonds is 5. The second kappa shape index (κ2) is 7.71. The Morgan fingerprint density at radius 2 is 1.74 bits per heavy atom. The Hall–Kier alpha value is -3.19. The predicted molar refractivity (Wildman–Crippen MR) is 86.1 cm³/mol. The van der Waals surface area contributed by atoms with E-state index in [1.54, 1.807) is 24.3 Å². The van der Waals surface area contributed by atoms with Gasteiger partial charge >= 0.3 is 5.97 Å². The van der Waals surface area contributed by atoms with Gasteiger partial charge in [-0.25, -0.2) is 4.79 Å². The molecule has 0 unspecified atom stereocenters. The molecule has 0 spiro atoms. The fourth-order valence-electron chi connectivity index (χ4n) is 1.99. The molecule has 0 heterocycles. The van der Waals surface area contributed by atoms with E-state index in [2.05, 4.69) is 0 Å². The highest BCUT2D eigenvalue weighted by Crippen LogP contribution is 2.14. The Morgan fingerprint density at radius 3 is 2.39 bits per heavy atom. The number of carbonyl (C=O) groups excluding carboxylic acids is 2. The first-order valence-electron chi connectivity index (χ1n) is 7.04. The van der Waals surface area contributed by atoms with Crippen LogP contribution >= 0.6 is 0 Å². The van der Waals surface area contributed by atoms with Crippen LogP contribution in [0, 0.1) is 11.3 Å². The van der Waals surface area contributed by atoms with Crippen LogP contribution in [0.2, 0.25) is 0 Å². The summed E-state index contributed by atoms with van der Waals surface area (Å²) in [6.07, 6.45) is 1.40. The molecule has 0 fully saturated rings. The van der Waals surface area contributed by atoms with Crippen molar-refractivity contribution < 1.29 is 14.3 Å². The summed E-state index contributed by atoms with van der Waals surface area (Å²) in [4.78, 5) is 23.9. The van der Waals surface area contributed by atoms with E-state index in [9.17, 15) is 9.59 Å². The minimum atomic E-state index is -0.700. The van der Waals surface area contributed by atoms with Gasteiger partial charge in [0.05, 0.1) is 11.6 Å². The molecule has 0 amide bonds. The van der Waals surface area contributed by atoms with E-state index >= 15 is 0 Å². The fraction of sp³-hybridized carbons (Fsp3) is 0.105. The van der Waals surface area contributed by atoms with Crippen molar-refractivity contribution in [1.82, 2.24) is 0 Å². The third kappa shape index (κ3) is 4.39. The highest BCUT2D eigenvalue weighted by Gasteiger charge is 2.17. The van der Waals surface area contributed by atoms with Gasteiger partial charge in [-0.15, -0.1) is 0 Å². The quantitative estimate of drug-likeness (QED) is 0.368. The second-order valence-corrected chi connectivity index (χ2v) is 4.87. The minimum Gasteiger partial charge on any atom is -0.457 e. The maximum Gasteiger partial charge on any atom is 0.342 e.